The van der Waals surface area contributed by atoms with Crippen molar-refractivity contribution < 1.29 is 22.7 Å². The van der Waals surface area contributed by atoms with Crippen LogP contribution in [0.4, 0.5) is 18.0 Å². The average molecular weight is 526 g/mol. The largest absolute Gasteiger partial charge is 0.444 e. The van der Waals surface area contributed by atoms with Crippen LogP contribution in [0.2, 0.25) is 0 Å². The lowest BCUT2D eigenvalue weighted by Crippen LogP contribution is -2.40. The molecule has 38 heavy (non-hydrogen) atoms. The lowest BCUT2D eigenvalue weighted by molar-refractivity contribution is -0.138. The standard InChI is InChI=1S/C27H26F3N5O3/c1-26(2,3)38-25(37)34-9-8-21-20(15-34)19-6-5-18(12-22(19)33(21)4)35-10-7-16(11-23(35)36)24-31-13-17(14-32-24)27(28,29)30/h5-7,10-14H,8-9,15H2,1-4H3. The first-order chi connectivity index (χ1) is 17.8. The highest BCUT2D eigenvalue weighted by molar-refractivity contribution is 5.88. The molecule has 0 aliphatic carbocycles. The highest BCUT2D eigenvalue weighted by Gasteiger charge is 2.31. The number of halogens is 3. The van der Waals surface area contributed by atoms with Gasteiger partial charge in [0.1, 0.15) is 5.60 Å². The molecule has 5 rings (SSSR count). The van der Waals surface area contributed by atoms with Gasteiger partial charge in [-0.2, -0.15) is 13.2 Å². The maximum atomic E-state index is 13.0. The number of hydrogen-bond donors (Lipinski definition) is 0. The summed E-state index contributed by atoms with van der Waals surface area (Å²) in [4.78, 5) is 34.8. The van der Waals surface area contributed by atoms with E-state index in [2.05, 4.69) is 14.5 Å². The summed E-state index contributed by atoms with van der Waals surface area (Å²) in [5.74, 6) is 0.0300. The van der Waals surface area contributed by atoms with Crippen LogP contribution in [0.1, 0.15) is 37.6 Å². The summed E-state index contributed by atoms with van der Waals surface area (Å²) in [6, 6.07) is 8.54. The molecule has 1 aromatic carbocycles. The summed E-state index contributed by atoms with van der Waals surface area (Å²) in [5.41, 5.74) is 2.13. The van der Waals surface area contributed by atoms with Crippen LogP contribution >= 0.6 is 0 Å². The Hall–Kier alpha value is -4.15. The number of pyridine rings is 1. The summed E-state index contributed by atoms with van der Waals surface area (Å²) in [6.07, 6.45) is -1.26. The van der Waals surface area contributed by atoms with Crippen LogP contribution in [0.5, 0.6) is 0 Å². The summed E-state index contributed by atoms with van der Waals surface area (Å²) in [6.45, 7) is 6.49. The molecule has 4 heterocycles. The van der Waals surface area contributed by atoms with Gasteiger partial charge in [0, 0.05) is 66.9 Å². The molecule has 0 bridgehead atoms. The first-order valence-electron chi connectivity index (χ1n) is 12.0. The van der Waals surface area contributed by atoms with E-state index < -0.39 is 17.3 Å². The molecule has 1 amide bonds. The van der Waals surface area contributed by atoms with Crippen LogP contribution in [0.3, 0.4) is 0 Å². The Morgan fingerprint density at radius 2 is 1.76 bits per heavy atom. The Balaban J connectivity index is 1.44. The van der Waals surface area contributed by atoms with Crippen molar-refractivity contribution in [3.8, 4) is 17.1 Å². The summed E-state index contributed by atoms with van der Waals surface area (Å²) < 4.78 is 47.5. The average Bonchev–Trinajstić information content (AvgIpc) is 3.13. The molecule has 0 unspecified atom stereocenters. The Labute approximate surface area is 216 Å². The van der Waals surface area contributed by atoms with Crippen LogP contribution in [0.15, 0.2) is 53.7 Å². The van der Waals surface area contributed by atoms with E-state index in [0.717, 1.165) is 22.2 Å². The van der Waals surface area contributed by atoms with Gasteiger partial charge < -0.3 is 14.2 Å². The van der Waals surface area contributed by atoms with E-state index in [9.17, 15) is 22.8 Å². The quantitative estimate of drug-likeness (QED) is 0.364. The van der Waals surface area contributed by atoms with Crippen LogP contribution in [-0.4, -0.2) is 42.2 Å². The number of rotatable bonds is 2. The maximum absolute atomic E-state index is 13.0. The number of fused-ring (bicyclic) bond motifs is 3. The summed E-state index contributed by atoms with van der Waals surface area (Å²) in [5, 5.41) is 0.988. The van der Waals surface area contributed by atoms with Crippen molar-refractivity contribution in [3.05, 3.63) is 76.1 Å². The van der Waals surface area contributed by atoms with Crippen molar-refractivity contribution >= 4 is 17.0 Å². The number of aryl methyl sites for hydroxylation is 1. The molecule has 0 radical (unpaired) electrons. The van der Waals surface area contributed by atoms with Gasteiger partial charge in [-0.15, -0.1) is 0 Å². The second-order valence-electron chi connectivity index (χ2n) is 10.3. The van der Waals surface area contributed by atoms with Gasteiger partial charge >= 0.3 is 12.3 Å². The zero-order valence-electron chi connectivity index (χ0n) is 21.3. The lowest BCUT2D eigenvalue weighted by Gasteiger charge is -2.30. The van der Waals surface area contributed by atoms with Gasteiger partial charge in [-0.3, -0.25) is 9.36 Å². The van der Waals surface area contributed by atoms with Gasteiger partial charge in [0.2, 0.25) is 0 Å². The third-order valence-electron chi connectivity index (χ3n) is 6.48. The molecule has 3 aromatic heterocycles. The predicted molar refractivity (Wildman–Crippen MR) is 135 cm³/mol. The van der Waals surface area contributed by atoms with Crippen molar-refractivity contribution in [2.24, 2.45) is 7.05 Å². The molecule has 0 saturated heterocycles. The molecule has 1 aliphatic rings. The van der Waals surface area contributed by atoms with Crippen molar-refractivity contribution in [2.45, 2.75) is 45.5 Å². The number of ether oxygens (including phenoxy) is 1. The normalized spacial score (nSPS) is 14.0. The molecule has 0 N–H and O–H groups in total. The SMILES string of the molecule is Cn1c2c(c3ccc(-n4ccc(-c5ncc(C(F)(F)F)cn5)cc4=O)cc31)CN(C(=O)OC(C)(C)C)CC2. The first-order valence-corrected chi connectivity index (χ1v) is 12.0. The molecule has 0 spiro atoms. The number of hydrogen-bond acceptors (Lipinski definition) is 5. The number of nitrogens with zero attached hydrogens (tertiary/aromatic N) is 5. The topological polar surface area (TPSA) is 82.3 Å². The smallest absolute Gasteiger partial charge is 0.419 e. The lowest BCUT2D eigenvalue weighted by atomic mass is 10.0. The number of amides is 1. The van der Waals surface area contributed by atoms with E-state index >= 15 is 0 Å². The molecule has 1 aliphatic heterocycles. The third-order valence-corrected chi connectivity index (χ3v) is 6.48. The van der Waals surface area contributed by atoms with E-state index in [1.54, 1.807) is 17.2 Å². The molecular formula is C27H26F3N5O3. The number of alkyl halides is 3. The molecular weight excluding hydrogens is 499 g/mol. The highest BCUT2D eigenvalue weighted by Crippen LogP contribution is 2.32. The van der Waals surface area contributed by atoms with Gasteiger partial charge in [-0.25, -0.2) is 14.8 Å². The minimum Gasteiger partial charge on any atom is -0.444 e. The van der Waals surface area contributed by atoms with Crippen molar-refractivity contribution in [2.75, 3.05) is 6.54 Å². The van der Waals surface area contributed by atoms with E-state index in [1.807, 2.05) is 46.0 Å². The van der Waals surface area contributed by atoms with Gasteiger partial charge in [0.05, 0.1) is 23.3 Å². The maximum Gasteiger partial charge on any atom is 0.419 e. The second-order valence-corrected chi connectivity index (χ2v) is 10.3. The van der Waals surface area contributed by atoms with Crippen LogP contribution < -0.4 is 5.56 Å². The van der Waals surface area contributed by atoms with Gasteiger partial charge in [0.25, 0.3) is 5.56 Å². The van der Waals surface area contributed by atoms with Gasteiger partial charge in [0.15, 0.2) is 5.82 Å². The molecule has 11 heteroatoms. The summed E-state index contributed by atoms with van der Waals surface area (Å²) in [7, 11) is 1.96. The third kappa shape index (κ3) is 4.75. The van der Waals surface area contributed by atoms with E-state index in [-0.39, 0.29) is 17.5 Å². The van der Waals surface area contributed by atoms with Crippen molar-refractivity contribution in [3.63, 3.8) is 0 Å². The van der Waals surface area contributed by atoms with Crippen LogP contribution in [0, 0.1) is 0 Å². The van der Waals surface area contributed by atoms with Gasteiger partial charge in [-0.1, -0.05) is 6.07 Å². The number of benzene rings is 1. The van der Waals surface area contributed by atoms with E-state index in [0.29, 0.717) is 43.2 Å². The predicted octanol–water partition coefficient (Wildman–Crippen LogP) is 5.10. The van der Waals surface area contributed by atoms with Crippen molar-refractivity contribution in [1.29, 1.82) is 0 Å². The molecule has 0 fully saturated rings. The monoisotopic (exact) mass is 525 g/mol. The molecule has 4 aromatic rings. The molecule has 8 nitrogen and oxygen atoms in total. The van der Waals surface area contributed by atoms with E-state index in [4.69, 9.17) is 4.74 Å². The second kappa shape index (κ2) is 9.00. The van der Waals surface area contributed by atoms with Crippen LogP contribution in [-0.2, 0) is 30.9 Å². The number of aromatic nitrogens is 4. The Bertz CT molecular complexity index is 1600. The Morgan fingerprint density at radius 3 is 2.39 bits per heavy atom. The highest BCUT2D eigenvalue weighted by atomic mass is 19.4. The minimum atomic E-state index is -4.54. The Morgan fingerprint density at radius 1 is 1.05 bits per heavy atom. The molecule has 198 valence electrons. The van der Waals surface area contributed by atoms with Crippen molar-refractivity contribution in [1.82, 2.24) is 24.0 Å². The fraction of sp³-hybridized carbons (Fsp3) is 0.333. The minimum absolute atomic E-state index is 0.0300. The fourth-order valence-electron chi connectivity index (χ4n) is 4.65. The molecule has 0 atom stereocenters. The molecule has 0 saturated carbocycles. The zero-order chi connectivity index (χ0) is 27.4. The summed E-state index contributed by atoms with van der Waals surface area (Å²) >= 11 is 0. The van der Waals surface area contributed by atoms with E-state index in [1.165, 1.54) is 10.6 Å². The fourth-order valence-corrected chi connectivity index (χ4v) is 4.65. The zero-order valence-corrected chi connectivity index (χ0v) is 21.3. The first kappa shape index (κ1) is 25.5. The van der Waals surface area contributed by atoms with Crippen LogP contribution in [0.25, 0.3) is 28.0 Å². The van der Waals surface area contributed by atoms with Gasteiger partial charge in [-0.05, 0) is 39.0 Å². The number of carbonyl (C=O) groups is 1. The Kier molecular flexibility index (Phi) is 6.04. The number of carbonyl (C=O) groups excluding carboxylic acids is 1.